The van der Waals surface area contributed by atoms with Crippen molar-refractivity contribution in [3.05, 3.63) is 64.3 Å². The van der Waals surface area contributed by atoms with E-state index in [2.05, 4.69) is 0 Å². The number of rotatable bonds is 5. The molecule has 28 heavy (non-hydrogen) atoms. The first kappa shape index (κ1) is 20.0. The van der Waals surface area contributed by atoms with Gasteiger partial charge in [-0.15, -0.1) is 0 Å². The van der Waals surface area contributed by atoms with Crippen LogP contribution in [0.4, 0.5) is 0 Å². The predicted molar refractivity (Wildman–Crippen MR) is 109 cm³/mol. The van der Waals surface area contributed by atoms with E-state index in [9.17, 15) is 14.7 Å². The first-order valence-electron chi connectivity index (χ1n) is 9.16. The van der Waals surface area contributed by atoms with E-state index in [0.717, 1.165) is 6.42 Å². The summed E-state index contributed by atoms with van der Waals surface area (Å²) < 4.78 is 6.85. The van der Waals surface area contributed by atoms with Crippen LogP contribution < -0.4 is 0 Å². The van der Waals surface area contributed by atoms with Crippen molar-refractivity contribution in [2.24, 2.45) is 0 Å². The van der Waals surface area contributed by atoms with Gasteiger partial charge in [0.15, 0.2) is 0 Å². The van der Waals surface area contributed by atoms with Crippen LogP contribution in [-0.4, -0.2) is 28.2 Å². The van der Waals surface area contributed by atoms with Crippen LogP contribution in [0.2, 0.25) is 5.02 Å². The summed E-state index contributed by atoms with van der Waals surface area (Å²) in [5.41, 5.74) is 2.35. The summed E-state index contributed by atoms with van der Waals surface area (Å²) >= 11 is 6.05. The minimum absolute atomic E-state index is 0.0650. The van der Waals surface area contributed by atoms with Crippen molar-refractivity contribution in [2.45, 2.75) is 33.1 Å². The average molecular weight is 400 g/mol. The lowest BCUT2D eigenvalue weighted by Gasteiger charge is -2.13. The quantitative estimate of drug-likeness (QED) is 0.609. The Morgan fingerprint density at radius 3 is 2.64 bits per heavy atom. The lowest BCUT2D eigenvalue weighted by molar-refractivity contribution is -0.145. The molecule has 1 aromatic heterocycles. The van der Waals surface area contributed by atoms with Crippen LogP contribution >= 0.6 is 11.6 Å². The molecule has 6 heteroatoms. The standard InChI is InChI=1S/C22H22ClNO4/c1-4-10-28-22(27)13(2)20-14(3)24(19-9-8-17(25)12-18(19)20)21(26)15-6-5-7-16(23)11-15/h5-9,11-13,25H,4,10H2,1-3H3. The second-order valence-electron chi connectivity index (χ2n) is 6.74. The number of hydrogen-bond donors (Lipinski definition) is 1. The minimum atomic E-state index is -0.579. The van der Waals surface area contributed by atoms with E-state index >= 15 is 0 Å². The third-order valence-corrected chi connectivity index (χ3v) is 4.98. The van der Waals surface area contributed by atoms with Crippen molar-refractivity contribution >= 4 is 34.4 Å². The fraction of sp³-hybridized carbons (Fsp3) is 0.273. The Hall–Kier alpha value is -2.79. The zero-order valence-corrected chi connectivity index (χ0v) is 16.8. The molecule has 0 radical (unpaired) electrons. The van der Waals surface area contributed by atoms with Gasteiger partial charge in [-0.3, -0.25) is 14.2 Å². The molecule has 0 aliphatic carbocycles. The SMILES string of the molecule is CCCOC(=O)C(C)c1c(C)n(C(=O)c2cccc(Cl)c2)c2ccc(O)cc12. The van der Waals surface area contributed by atoms with Gasteiger partial charge < -0.3 is 9.84 Å². The van der Waals surface area contributed by atoms with Crippen molar-refractivity contribution < 1.29 is 19.4 Å². The topological polar surface area (TPSA) is 68.5 Å². The van der Waals surface area contributed by atoms with Gasteiger partial charge in [0.25, 0.3) is 5.91 Å². The smallest absolute Gasteiger partial charge is 0.313 e. The highest BCUT2D eigenvalue weighted by Gasteiger charge is 2.27. The van der Waals surface area contributed by atoms with Gasteiger partial charge in [0.2, 0.25) is 0 Å². The Labute approximate surface area is 168 Å². The van der Waals surface area contributed by atoms with Crippen LogP contribution in [0, 0.1) is 6.92 Å². The monoisotopic (exact) mass is 399 g/mol. The number of benzene rings is 2. The van der Waals surface area contributed by atoms with Crippen molar-refractivity contribution in [2.75, 3.05) is 6.61 Å². The fourth-order valence-electron chi connectivity index (χ4n) is 3.44. The van der Waals surface area contributed by atoms with Crippen LogP contribution in [0.1, 0.15) is 47.8 Å². The Bertz CT molecular complexity index is 1050. The number of ether oxygens (including phenoxy) is 1. The van der Waals surface area contributed by atoms with Crippen molar-refractivity contribution in [1.82, 2.24) is 4.57 Å². The number of hydrogen-bond acceptors (Lipinski definition) is 4. The molecular weight excluding hydrogens is 378 g/mol. The molecular formula is C22H22ClNO4. The lowest BCUT2D eigenvalue weighted by Crippen LogP contribution is -2.17. The van der Waals surface area contributed by atoms with Crippen LogP contribution in [0.3, 0.4) is 0 Å². The Morgan fingerprint density at radius 1 is 1.21 bits per heavy atom. The average Bonchev–Trinajstić information content (AvgIpc) is 2.95. The molecule has 3 aromatic rings. The molecule has 146 valence electrons. The lowest BCUT2D eigenvalue weighted by atomic mass is 9.98. The van der Waals surface area contributed by atoms with Crippen molar-refractivity contribution in [3.8, 4) is 5.75 Å². The first-order chi connectivity index (χ1) is 13.3. The maximum atomic E-state index is 13.2. The Kier molecular flexibility index (Phi) is 5.75. The molecule has 0 saturated carbocycles. The van der Waals surface area contributed by atoms with Gasteiger partial charge in [-0.05, 0) is 62.2 Å². The number of esters is 1. The summed E-state index contributed by atoms with van der Waals surface area (Å²) in [5, 5.41) is 11.1. The maximum absolute atomic E-state index is 13.2. The number of nitrogens with zero attached hydrogens (tertiary/aromatic N) is 1. The number of carbonyl (C=O) groups is 2. The predicted octanol–water partition coefficient (Wildman–Crippen LogP) is 5.05. The molecule has 2 aromatic carbocycles. The molecule has 0 bridgehead atoms. The molecule has 1 N–H and O–H groups in total. The number of phenolic OH excluding ortho intramolecular Hbond substituents is 1. The molecule has 5 nitrogen and oxygen atoms in total. The van der Waals surface area contributed by atoms with Crippen LogP contribution in [0.15, 0.2) is 42.5 Å². The van der Waals surface area contributed by atoms with Crippen molar-refractivity contribution in [1.29, 1.82) is 0 Å². The summed E-state index contributed by atoms with van der Waals surface area (Å²) in [7, 11) is 0. The summed E-state index contributed by atoms with van der Waals surface area (Å²) in [6.45, 7) is 5.81. The molecule has 1 heterocycles. The van der Waals surface area contributed by atoms with E-state index in [-0.39, 0.29) is 17.6 Å². The molecule has 0 aliphatic heterocycles. The first-order valence-corrected chi connectivity index (χ1v) is 9.53. The number of carbonyl (C=O) groups excluding carboxylic acids is 2. The van der Waals surface area contributed by atoms with Gasteiger partial charge in [0.05, 0.1) is 18.0 Å². The van der Waals surface area contributed by atoms with E-state index in [1.807, 2.05) is 6.92 Å². The third kappa shape index (κ3) is 3.62. The van der Waals surface area contributed by atoms with Gasteiger partial charge in [-0.1, -0.05) is 24.6 Å². The van der Waals surface area contributed by atoms with E-state index in [0.29, 0.717) is 39.4 Å². The molecule has 1 unspecified atom stereocenters. The third-order valence-electron chi connectivity index (χ3n) is 4.75. The largest absolute Gasteiger partial charge is 0.508 e. The van der Waals surface area contributed by atoms with E-state index in [1.54, 1.807) is 54.8 Å². The molecule has 0 aliphatic rings. The maximum Gasteiger partial charge on any atom is 0.313 e. The van der Waals surface area contributed by atoms with Gasteiger partial charge in [0.1, 0.15) is 5.75 Å². The Morgan fingerprint density at radius 2 is 1.96 bits per heavy atom. The zero-order valence-electron chi connectivity index (χ0n) is 16.0. The Balaban J connectivity index is 2.18. The van der Waals surface area contributed by atoms with Crippen LogP contribution in [-0.2, 0) is 9.53 Å². The van der Waals surface area contributed by atoms with Crippen molar-refractivity contribution in [3.63, 3.8) is 0 Å². The van der Waals surface area contributed by atoms with Gasteiger partial charge >= 0.3 is 5.97 Å². The second-order valence-corrected chi connectivity index (χ2v) is 7.18. The van der Waals surface area contributed by atoms with Gasteiger partial charge in [0, 0.05) is 21.7 Å². The van der Waals surface area contributed by atoms with E-state index in [1.165, 1.54) is 6.07 Å². The highest BCUT2D eigenvalue weighted by molar-refractivity contribution is 6.31. The normalized spacial score (nSPS) is 12.1. The molecule has 3 rings (SSSR count). The van der Waals surface area contributed by atoms with Crippen LogP contribution in [0.5, 0.6) is 5.75 Å². The molecule has 1 atom stereocenters. The van der Waals surface area contributed by atoms with E-state index in [4.69, 9.17) is 16.3 Å². The summed E-state index contributed by atoms with van der Waals surface area (Å²) in [6, 6.07) is 11.5. The number of aromatic nitrogens is 1. The second kappa shape index (κ2) is 8.07. The summed E-state index contributed by atoms with van der Waals surface area (Å²) in [6.07, 6.45) is 0.729. The van der Waals surface area contributed by atoms with Gasteiger partial charge in [-0.2, -0.15) is 0 Å². The molecule has 0 spiro atoms. The van der Waals surface area contributed by atoms with Crippen LogP contribution in [0.25, 0.3) is 10.9 Å². The van der Waals surface area contributed by atoms with E-state index < -0.39 is 5.92 Å². The highest BCUT2D eigenvalue weighted by Crippen LogP contribution is 2.35. The molecule has 0 fully saturated rings. The molecule has 0 amide bonds. The number of phenols is 1. The molecule has 0 saturated heterocycles. The van der Waals surface area contributed by atoms with Gasteiger partial charge in [-0.25, -0.2) is 0 Å². The zero-order chi connectivity index (χ0) is 20.4. The summed E-state index contributed by atoms with van der Waals surface area (Å²) in [4.78, 5) is 25.7. The number of aromatic hydroxyl groups is 1. The number of halogens is 1. The minimum Gasteiger partial charge on any atom is -0.508 e. The summed E-state index contributed by atoms with van der Waals surface area (Å²) in [5.74, 6) is -1.13. The highest BCUT2D eigenvalue weighted by atomic mass is 35.5. The number of fused-ring (bicyclic) bond motifs is 1. The fourth-order valence-corrected chi connectivity index (χ4v) is 3.63.